The Labute approximate surface area is 158 Å². The largest absolute Gasteiger partial charge is 0.493 e. The van der Waals surface area contributed by atoms with Gasteiger partial charge in [0.1, 0.15) is 0 Å². The zero-order valence-corrected chi connectivity index (χ0v) is 15.9. The number of hydrazone groups is 1. The Bertz CT molecular complexity index is 805. The first kappa shape index (κ1) is 20.1. The van der Waals surface area contributed by atoms with Crippen molar-refractivity contribution in [2.75, 3.05) is 27.9 Å². The maximum Gasteiger partial charge on any atom is 0.271 e. The maximum atomic E-state index is 12.2. The van der Waals surface area contributed by atoms with Gasteiger partial charge in [-0.05, 0) is 48.4 Å². The summed E-state index contributed by atoms with van der Waals surface area (Å²) in [5.41, 5.74) is 3.66. The summed E-state index contributed by atoms with van der Waals surface area (Å²) in [6.45, 7) is 2.65. The molecule has 2 rings (SSSR count). The Kier molecular flexibility index (Phi) is 7.49. The molecule has 0 atom stereocenters. The van der Waals surface area contributed by atoms with E-state index in [1.807, 2.05) is 19.1 Å². The average molecular weight is 372 g/mol. The summed E-state index contributed by atoms with van der Waals surface area (Å²) in [6.07, 6.45) is 2.44. The fraction of sp³-hybridized carbons (Fsp3) is 0.300. The number of rotatable bonds is 9. The van der Waals surface area contributed by atoms with E-state index in [2.05, 4.69) is 10.5 Å². The fourth-order valence-corrected chi connectivity index (χ4v) is 2.30. The predicted molar refractivity (Wildman–Crippen MR) is 103 cm³/mol. The van der Waals surface area contributed by atoms with Gasteiger partial charge < -0.3 is 18.9 Å². The third kappa shape index (κ3) is 5.37. The highest BCUT2D eigenvalue weighted by molar-refractivity contribution is 5.95. The van der Waals surface area contributed by atoms with E-state index < -0.39 is 0 Å². The molecule has 0 aliphatic carbocycles. The standard InChI is InChI=1S/C20H24N2O5/c1-5-10-27-17-8-6-14(11-18(17)25-3)13-21-22-20(23)15-7-9-16(24-2)19(12-15)26-4/h6-9,11-13H,5,10H2,1-4H3,(H,22,23)/b21-13-. The van der Waals surface area contributed by atoms with Crippen molar-refractivity contribution in [2.24, 2.45) is 5.10 Å². The monoisotopic (exact) mass is 372 g/mol. The van der Waals surface area contributed by atoms with Gasteiger partial charge in [0.25, 0.3) is 5.91 Å². The molecule has 0 aromatic heterocycles. The van der Waals surface area contributed by atoms with Crippen LogP contribution in [-0.2, 0) is 0 Å². The van der Waals surface area contributed by atoms with Crippen LogP contribution in [0.5, 0.6) is 23.0 Å². The summed E-state index contributed by atoms with van der Waals surface area (Å²) in [5.74, 6) is 1.95. The summed E-state index contributed by atoms with van der Waals surface area (Å²) >= 11 is 0. The number of amides is 1. The normalized spacial score (nSPS) is 10.5. The van der Waals surface area contributed by atoms with Gasteiger partial charge >= 0.3 is 0 Å². The summed E-state index contributed by atoms with van der Waals surface area (Å²) in [6, 6.07) is 10.3. The Morgan fingerprint density at radius 1 is 0.963 bits per heavy atom. The first-order valence-electron chi connectivity index (χ1n) is 8.49. The van der Waals surface area contributed by atoms with E-state index in [1.54, 1.807) is 31.4 Å². The molecule has 0 aliphatic heterocycles. The molecule has 0 aliphatic rings. The Balaban J connectivity index is 2.05. The highest BCUT2D eigenvalue weighted by Gasteiger charge is 2.10. The fourth-order valence-electron chi connectivity index (χ4n) is 2.30. The summed E-state index contributed by atoms with van der Waals surface area (Å²) in [5, 5.41) is 3.99. The molecule has 27 heavy (non-hydrogen) atoms. The number of ether oxygens (including phenoxy) is 4. The molecule has 7 heteroatoms. The van der Waals surface area contributed by atoms with Crippen LogP contribution in [0.15, 0.2) is 41.5 Å². The SMILES string of the molecule is CCCOc1ccc(/C=N\NC(=O)c2ccc(OC)c(OC)c2)cc1OC. The van der Waals surface area contributed by atoms with Crippen LogP contribution in [0.25, 0.3) is 0 Å². The van der Waals surface area contributed by atoms with Crippen molar-refractivity contribution < 1.29 is 23.7 Å². The molecular weight excluding hydrogens is 348 g/mol. The Hall–Kier alpha value is -3.22. The number of nitrogens with one attached hydrogen (secondary N) is 1. The minimum Gasteiger partial charge on any atom is -0.493 e. The molecule has 7 nitrogen and oxygen atoms in total. The van der Waals surface area contributed by atoms with Crippen LogP contribution in [0, 0.1) is 0 Å². The van der Waals surface area contributed by atoms with Crippen molar-refractivity contribution in [3.63, 3.8) is 0 Å². The second-order valence-electron chi connectivity index (χ2n) is 5.53. The van der Waals surface area contributed by atoms with Gasteiger partial charge in [-0.3, -0.25) is 4.79 Å². The summed E-state index contributed by atoms with van der Waals surface area (Å²) in [7, 11) is 4.63. The highest BCUT2D eigenvalue weighted by atomic mass is 16.5. The van der Waals surface area contributed by atoms with E-state index in [1.165, 1.54) is 20.4 Å². The smallest absolute Gasteiger partial charge is 0.271 e. The number of carbonyl (C=O) groups is 1. The van der Waals surface area contributed by atoms with Crippen molar-refractivity contribution in [1.29, 1.82) is 0 Å². The number of hydrogen-bond acceptors (Lipinski definition) is 6. The van der Waals surface area contributed by atoms with Crippen LogP contribution in [0.4, 0.5) is 0 Å². The molecule has 1 amide bonds. The summed E-state index contributed by atoms with van der Waals surface area (Å²) in [4.78, 5) is 12.2. The number of methoxy groups -OCH3 is 3. The van der Waals surface area contributed by atoms with Gasteiger partial charge in [0, 0.05) is 5.56 Å². The minimum atomic E-state index is -0.359. The van der Waals surface area contributed by atoms with E-state index in [9.17, 15) is 4.79 Å². The Morgan fingerprint density at radius 2 is 1.63 bits per heavy atom. The topological polar surface area (TPSA) is 78.4 Å². The average Bonchev–Trinajstić information content (AvgIpc) is 2.71. The van der Waals surface area contributed by atoms with Gasteiger partial charge in [0.15, 0.2) is 23.0 Å². The molecular formula is C20H24N2O5. The van der Waals surface area contributed by atoms with Gasteiger partial charge in [0.05, 0.1) is 34.2 Å². The van der Waals surface area contributed by atoms with E-state index >= 15 is 0 Å². The van der Waals surface area contributed by atoms with Gasteiger partial charge in [-0.2, -0.15) is 5.10 Å². The molecule has 0 saturated carbocycles. The van der Waals surface area contributed by atoms with Gasteiger partial charge in [0.2, 0.25) is 0 Å². The maximum absolute atomic E-state index is 12.2. The predicted octanol–water partition coefficient (Wildman–Crippen LogP) is 3.27. The minimum absolute atomic E-state index is 0.359. The molecule has 2 aromatic carbocycles. The highest BCUT2D eigenvalue weighted by Crippen LogP contribution is 2.28. The zero-order valence-electron chi connectivity index (χ0n) is 15.9. The first-order valence-corrected chi connectivity index (χ1v) is 8.49. The molecule has 0 radical (unpaired) electrons. The molecule has 0 unspecified atom stereocenters. The lowest BCUT2D eigenvalue weighted by molar-refractivity contribution is 0.0954. The number of benzene rings is 2. The quantitative estimate of drug-likeness (QED) is 0.540. The lowest BCUT2D eigenvalue weighted by Crippen LogP contribution is -2.17. The molecule has 2 aromatic rings. The van der Waals surface area contributed by atoms with Crippen molar-refractivity contribution in [3.05, 3.63) is 47.5 Å². The van der Waals surface area contributed by atoms with Crippen molar-refractivity contribution in [2.45, 2.75) is 13.3 Å². The molecule has 0 bridgehead atoms. The molecule has 0 fully saturated rings. The van der Waals surface area contributed by atoms with E-state index in [4.69, 9.17) is 18.9 Å². The lowest BCUT2D eigenvalue weighted by atomic mass is 10.2. The number of carbonyl (C=O) groups excluding carboxylic acids is 1. The van der Waals surface area contributed by atoms with Gasteiger partial charge in [-0.25, -0.2) is 5.43 Å². The van der Waals surface area contributed by atoms with Crippen LogP contribution in [0.1, 0.15) is 29.3 Å². The third-order valence-corrected chi connectivity index (χ3v) is 3.67. The van der Waals surface area contributed by atoms with Crippen LogP contribution in [0.3, 0.4) is 0 Å². The lowest BCUT2D eigenvalue weighted by Gasteiger charge is -2.10. The molecule has 0 saturated heterocycles. The van der Waals surface area contributed by atoms with Crippen molar-refractivity contribution >= 4 is 12.1 Å². The van der Waals surface area contributed by atoms with Crippen molar-refractivity contribution in [3.8, 4) is 23.0 Å². The molecule has 0 spiro atoms. The van der Waals surface area contributed by atoms with Crippen LogP contribution in [-0.4, -0.2) is 40.1 Å². The number of hydrogen-bond donors (Lipinski definition) is 1. The number of nitrogens with zero attached hydrogens (tertiary/aromatic N) is 1. The molecule has 0 heterocycles. The zero-order chi connectivity index (χ0) is 19.6. The van der Waals surface area contributed by atoms with Gasteiger partial charge in [-0.15, -0.1) is 0 Å². The van der Waals surface area contributed by atoms with E-state index in [0.29, 0.717) is 35.2 Å². The Morgan fingerprint density at radius 3 is 2.30 bits per heavy atom. The summed E-state index contributed by atoms with van der Waals surface area (Å²) < 4.78 is 21.3. The van der Waals surface area contributed by atoms with Crippen LogP contribution < -0.4 is 24.4 Å². The molecule has 144 valence electrons. The second-order valence-corrected chi connectivity index (χ2v) is 5.53. The van der Waals surface area contributed by atoms with Crippen LogP contribution >= 0.6 is 0 Å². The van der Waals surface area contributed by atoms with Crippen molar-refractivity contribution in [1.82, 2.24) is 5.43 Å². The molecule has 1 N–H and O–H groups in total. The van der Waals surface area contributed by atoms with Crippen LogP contribution in [0.2, 0.25) is 0 Å². The van der Waals surface area contributed by atoms with Gasteiger partial charge in [-0.1, -0.05) is 6.92 Å². The van der Waals surface area contributed by atoms with E-state index in [0.717, 1.165) is 12.0 Å². The second kappa shape index (κ2) is 10.1. The van der Waals surface area contributed by atoms with E-state index in [-0.39, 0.29) is 5.91 Å². The first-order chi connectivity index (χ1) is 13.1. The third-order valence-electron chi connectivity index (χ3n) is 3.67.